The van der Waals surface area contributed by atoms with Crippen molar-refractivity contribution in [1.29, 1.82) is 0 Å². The van der Waals surface area contributed by atoms with Crippen molar-refractivity contribution in [2.75, 3.05) is 7.11 Å². The zero-order valence-electron chi connectivity index (χ0n) is 7.24. The molecule has 0 fully saturated rings. The minimum atomic E-state index is -2.53. The second-order valence-corrected chi connectivity index (χ2v) is 2.94. The van der Waals surface area contributed by atoms with E-state index >= 15 is 0 Å². The molecule has 0 aliphatic rings. The van der Waals surface area contributed by atoms with Crippen molar-refractivity contribution < 1.29 is 47.4 Å². The zero-order valence-corrected chi connectivity index (χ0v) is 10.1. The van der Waals surface area contributed by atoms with Crippen LogP contribution in [0.5, 0.6) is 5.75 Å². The van der Waals surface area contributed by atoms with Crippen molar-refractivity contribution in [3.63, 3.8) is 0 Å². The van der Waals surface area contributed by atoms with Crippen molar-refractivity contribution in [3.8, 4) is 5.75 Å². The third kappa shape index (κ3) is 3.36. The monoisotopic (exact) mass is 212 g/mol. The van der Waals surface area contributed by atoms with Gasteiger partial charge in [-0.25, -0.2) is 4.39 Å². The van der Waals surface area contributed by atoms with Gasteiger partial charge in [-0.1, -0.05) is 0 Å². The molecule has 1 atom stereocenters. The molecule has 0 aromatic heterocycles. The Kier molecular flexibility index (Phi) is 5.75. The Morgan fingerprint density at radius 3 is 2.54 bits per heavy atom. The third-order valence-electron chi connectivity index (χ3n) is 1.32. The van der Waals surface area contributed by atoms with E-state index in [1.54, 1.807) is 0 Å². The number of hydrogen-bond acceptors (Lipinski definition) is 3. The standard InChI is InChI=1S/C7H7FO3S.Na/c1-11-5-2-3-7(12(9)10)6(8)4-5;/h2-4H,1H3,(H,9,10);/q;+1/p-1. The second kappa shape index (κ2) is 5.72. The predicted molar refractivity (Wildman–Crippen MR) is 40.1 cm³/mol. The minimum Gasteiger partial charge on any atom is -0.768 e. The van der Waals surface area contributed by atoms with Gasteiger partial charge in [0.25, 0.3) is 0 Å². The molecule has 0 saturated carbocycles. The number of rotatable bonds is 2. The molecule has 0 N–H and O–H groups in total. The second-order valence-electron chi connectivity index (χ2n) is 2.03. The van der Waals surface area contributed by atoms with Gasteiger partial charge in [-0.3, -0.25) is 4.21 Å². The predicted octanol–water partition coefficient (Wildman–Crippen LogP) is -1.92. The van der Waals surface area contributed by atoms with Crippen LogP contribution in [0.1, 0.15) is 0 Å². The molecule has 0 spiro atoms. The first-order chi connectivity index (χ1) is 5.65. The first-order valence-electron chi connectivity index (χ1n) is 3.08. The van der Waals surface area contributed by atoms with E-state index in [-0.39, 0.29) is 34.5 Å². The van der Waals surface area contributed by atoms with Gasteiger partial charge in [0.05, 0.1) is 12.0 Å². The first-order valence-corrected chi connectivity index (χ1v) is 4.15. The SMILES string of the molecule is COc1ccc(S(=O)[O-])c(F)c1.[Na+]. The van der Waals surface area contributed by atoms with Crippen molar-refractivity contribution in [1.82, 2.24) is 0 Å². The summed E-state index contributed by atoms with van der Waals surface area (Å²) in [7, 11) is 1.38. The van der Waals surface area contributed by atoms with E-state index in [0.29, 0.717) is 5.75 Å². The normalized spacial score (nSPS) is 11.6. The number of hydrogen-bond donors (Lipinski definition) is 0. The molecule has 1 rings (SSSR count). The Bertz CT molecular complexity index is 319. The summed E-state index contributed by atoms with van der Waals surface area (Å²) in [6.07, 6.45) is 0. The van der Waals surface area contributed by atoms with Crippen LogP contribution >= 0.6 is 0 Å². The van der Waals surface area contributed by atoms with Crippen LogP contribution in [0.3, 0.4) is 0 Å². The quantitative estimate of drug-likeness (QED) is 0.424. The molecule has 0 radical (unpaired) electrons. The van der Waals surface area contributed by atoms with Gasteiger partial charge < -0.3 is 9.29 Å². The molecule has 6 heteroatoms. The number of benzene rings is 1. The van der Waals surface area contributed by atoms with Gasteiger partial charge >= 0.3 is 29.6 Å². The fraction of sp³-hybridized carbons (Fsp3) is 0.143. The van der Waals surface area contributed by atoms with Crippen LogP contribution in [-0.4, -0.2) is 15.9 Å². The molecule has 3 nitrogen and oxygen atoms in total. The molecular weight excluding hydrogens is 206 g/mol. The maximum absolute atomic E-state index is 12.8. The van der Waals surface area contributed by atoms with E-state index in [9.17, 15) is 13.2 Å². The zero-order chi connectivity index (χ0) is 9.14. The van der Waals surface area contributed by atoms with E-state index in [0.717, 1.165) is 12.1 Å². The van der Waals surface area contributed by atoms with E-state index in [1.807, 2.05) is 0 Å². The summed E-state index contributed by atoms with van der Waals surface area (Å²) in [6, 6.07) is 3.55. The maximum atomic E-state index is 12.8. The van der Waals surface area contributed by atoms with Crippen molar-refractivity contribution in [3.05, 3.63) is 24.0 Å². The van der Waals surface area contributed by atoms with Crippen LogP contribution < -0.4 is 34.3 Å². The van der Waals surface area contributed by atoms with Gasteiger partial charge in [-0.05, 0) is 23.2 Å². The van der Waals surface area contributed by atoms with E-state index in [4.69, 9.17) is 0 Å². The minimum absolute atomic E-state index is 0. The van der Waals surface area contributed by atoms with Gasteiger partial charge in [-0.15, -0.1) is 0 Å². The average molecular weight is 212 g/mol. The molecule has 0 aliphatic heterocycles. The molecule has 0 heterocycles. The van der Waals surface area contributed by atoms with E-state index < -0.39 is 16.9 Å². The maximum Gasteiger partial charge on any atom is 1.00 e. The van der Waals surface area contributed by atoms with E-state index in [2.05, 4.69) is 4.74 Å². The molecule has 0 saturated heterocycles. The van der Waals surface area contributed by atoms with Gasteiger partial charge in [0.2, 0.25) is 0 Å². The van der Waals surface area contributed by atoms with Gasteiger partial charge in [0.15, 0.2) is 0 Å². The molecule has 1 unspecified atom stereocenters. The van der Waals surface area contributed by atoms with Crippen LogP contribution in [-0.2, 0) is 11.1 Å². The fourth-order valence-corrected chi connectivity index (χ4v) is 1.14. The average Bonchev–Trinajstić information content (AvgIpc) is 2.03. The Morgan fingerprint density at radius 1 is 1.54 bits per heavy atom. The Labute approximate surface area is 99.9 Å². The van der Waals surface area contributed by atoms with Crippen molar-refractivity contribution in [2.24, 2.45) is 0 Å². The fourth-order valence-electron chi connectivity index (χ4n) is 0.744. The number of ether oxygens (including phenoxy) is 1. The van der Waals surface area contributed by atoms with Crippen LogP contribution in [0.15, 0.2) is 23.1 Å². The van der Waals surface area contributed by atoms with E-state index in [1.165, 1.54) is 13.2 Å². The summed E-state index contributed by atoms with van der Waals surface area (Å²) in [5, 5.41) is 0. The molecule has 66 valence electrons. The topological polar surface area (TPSA) is 49.4 Å². The molecule has 0 amide bonds. The molecule has 0 aliphatic carbocycles. The van der Waals surface area contributed by atoms with Crippen LogP contribution in [0.4, 0.5) is 4.39 Å². The number of halogens is 1. The Morgan fingerprint density at radius 2 is 2.15 bits per heavy atom. The summed E-state index contributed by atoms with van der Waals surface area (Å²) >= 11 is -2.53. The summed E-state index contributed by atoms with van der Waals surface area (Å²) < 4.78 is 38.2. The van der Waals surface area contributed by atoms with Crippen molar-refractivity contribution in [2.45, 2.75) is 4.90 Å². The smallest absolute Gasteiger partial charge is 0.768 e. The third-order valence-corrected chi connectivity index (χ3v) is 2.01. The Hall–Kier alpha value is 0.0600. The van der Waals surface area contributed by atoms with Gasteiger partial charge in [0, 0.05) is 6.07 Å². The first kappa shape index (κ1) is 13.1. The molecule has 1 aromatic carbocycles. The van der Waals surface area contributed by atoms with Crippen molar-refractivity contribution >= 4 is 11.1 Å². The summed E-state index contributed by atoms with van der Waals surface area (Å²) in [5.41, 5.74) is 0. The molecule has 0 bridgehead atoms. The van der Waals surface area contributed by atoms with Gasteiger partial charge in [-0.2, -0.15) is 0 Å². The summed E-state index contributed by atoms with van der Waals surface area (Å²) in [6.45, 7) is 0. The summed E-state index contributed by atoms with van der Waals surface area (Å²) in [4.78, 5) is -0.351. The Balaban J connectivity index is 0.00000144. The van der Waals surface area contributed by atoms with Crippen LogP contribution in [0, 0.1) is 5.82 Å². The number of methoxy groups -OCH3 is 1. The van der Waals surface area contributed by atoms with Crippen LogP contribution in [0.25, 0.3) is 0 Å². The summed E-state index contributed by atoms with van der Waals surface area (Å²) in [5.74, 6) is -0.510. The van der Waals surface area contributed by atoms with Crippen LogP contribution in [0.2, 0.25) is 0 Å². The molecule has 13 heavy (non-hydrogen) atoms. The largest absolute Gasteiger partial charge is 1.00 e. The molecular formula is C7H6FNaO3S. The molecule has 1 aromatic rings. The van der Waals surface area contributed by atoms with Gasteiger partial charge in [0.1, 0.15) is 11.6 Å².